The Morgan fingerprint density at radius 3 is 2.47 bits per heavy atom. The number of hydrogen-bond donors (Lipinski definition) is 2. The number of primary amides is 1. The summed E-state index contributed by atoms with van der Waals surface area (Å²) < 4.78 is 5.24. The molecule has 10 heteroatoms. The number of benzene rings is 2. The third kappa shape index (κ3) is 7.27. The van der Waals surface area contributed by atoms with E-state index in [-0.39, 0.29) is 18.1 Å². The average molecular weight is 527 g/mol. The number of aliphatic carboxylic acids is 1. The van der Waals surface area contributed by atoms with Gasteiger partial charge in [-0.15, -0.1) is 0 Å². The Morgan fingerprint density at radius 1 is 1.06 bits per heavy atom. The molecular formula is C24H26Cl3N3O4. The van der Waals surface area contributed by atoms with Gasteiger partial charge >= 0.3 is 5.97 Å². The molecule has 1 saturated heterocycles. The number of ether oxygens (including phenoxy) is 1. The number of hydrogen-bond acceptors (Lipinski definition) is 5. The summed E-state index contributed by atoms with van der Waals surface area (Å²) in [6, 6.07) is 10.8. The Hall–Kier alpha value is -2.45. The van der Waals surface area contributed by atoms with Crippen LogP contribution in [0.3, 0.4) is 0 Å². The molecule has 0 spiro atoms. The van der Waals surface area contributed by atoms with Crippen LogP contribution in [0.2, 0.25) is 15.1 Å². The molecule has 2 aliphatic rings. The zero-order valence-electron chi connectivity index (χ0n) is 18.5. The highest BCUT2D eigenvalue weighted by Crippen LogP contribution is 2.33. The van der Waals surface area contributed by atoms with E-state index in [4.69, 9.17) is 50.4 Å². The summed E-state index contributed by atoms with van der Waals surface area (Å²) in [7, 11) is 0. The summed E-state index contributed by atoms with van der Waals surface area (Å²) in [5.41, 5.74) is 7.09. The number of anilines is 1. The van der Waals surface area contributed by atoms with Gasteiger partial charge in [-0.2, -0.15) is 0 Å². The van der Waals surface area contributed by atoms with Gasteiger partial charge < -0.3 is 20.5 Å². The maximum Gasteiger partial charge on any atom is 0.335 e. The smallest absolute Gasteiger partial charge is 0.335 e. The molecule has 4 rings (SSSR count). The van der Waals surface area contributed by atoms with Crippen LogP contribution >= 0.6 is 34.8 Å². The molecule has 0 unspecified atom stereocenters. The molecule has 2 aliphatic heterocycles. The standard InChI is InChI=1S/C14H19Cl2N3O.C10H7ClO3/c15-11-3-1-4-12(14(11)16)19-9-7-18(8-10-19)6-2-5-13(17)20;11-8-1-2-9-6(4-8)3-7(5-14-9)10(12)13/h1,3-4H,2,5-10H2,(H2,17,20);1-4H,5H2,(H,12,13). The number of carboxylic acids is 1. The highest BCUT2D eigenvalue weighted by Gasteiger charge is 2.19. The molecule has 3 N–H and O–H groups in total. The second kappa shape index (κ2) is 12.3. The number of nitrogens with two attached hydrogens (primary N) is 1. The van der Waals surface area contributed by atoms with E-state index in [1.165, 1.54) is 0 Å². The quantitative estimate of drug-likeness (QED) is 0.572. The lowest BCUT2D eigenvalue weighted by atomic mass is 10.1. The second-order valence-corrected chi connectivity index (χ2v) is 9.14. The number of piperazine rings is 1. The van der Waals surface area contributed by atoms with Gasteiger partial charge in [-0.1, -0.05) is 40.9 Å². The van der Waals surface area contributed by atoms with E-state index in [1.54, 1.807) is 30.3 Å². The lowest BCUT2D eigenvalue weighted by molar-refractivity contribution is -0.133. The van der Waals surface area contributed by atoms with Gasteiger partial charge in [0, 0.05) is 43.2 Å². The fourth-order valence-corrected chi connectivity index (χ4v) is 4.29. The van der Waals surface area contributed by atoms with Crippen molar-refractivity contribution in [1.82, 2.24) is 4.90 Å². The van der Waals surface area contributed by atoms with E-state index in [0.29, 0.717) is 32.8 Å². The van der Waals surface area contributed by atoms with E-state index < -0.39 is 5.97 Å². The number of carboxylic acid groups (broad SMARTS) is 1. The van der Waals surface area contributed by atoms with Crippen LogP contribution in [0.25, 0.3) is 6.08 Å². The van der Waals surface area contributed by atoms with Gasteiger partial charge in [0.15, 0.2) is 0 Å². The normalized spacial score (nSPS) is 15.4. The highest BCUT2D eigenvalue weighted by atomic mass is 35.5. The number of amides is 1. The fourth-order valence-electron chi connectivity index (χ4n) is 3.70. The summed E-state index contributed by atoms with van der Waals surface area (Å²) in [6.07, 6.45) is 2.86. The number of rotatable bonds is 6. The third-order valence-corrected chi connectivity index (χ3v) is 6.55. The van der Waals surface area contributed by atoms with E-state index in [9.17, 15) is 9.59 Å². The summed E-state index contributed by atoms with van der Waals surface area (Å²) in [5.74, 6) is -0.524. The SMILES string of the molecule is NC(=O)CCCN1CCN(c2cccc(Cl)c2Cl)CC1.O=C(O)C1=Cc2cc(Cl)ccc2OC1. The molecule has 2 aromatic carbocycles. The van der Waals surface area contributed by atoms with Crippen molar-refractivity contribution in [3.63, 3.8) is 0 Å². The van der Waals surface area contributed by atoms with Gasteiger partial charge in [0.1, 0.15) is 12.4 Å². The summed E-state index contributed by atoms with van der Waals surface area (Å²) >= 11 is 18.1. The van der Waals surface area contributed by atoms with Crippen LogP contribution in [-0.4, -0.2) is 61.2 Å². The average Bonchev–Trinajstić information content (AvgIpc) is 2.81. The van der Waals surface area contributed by atoms with Crippen LogP contribution in [0.15, 0.2) is 42.0 Å². The molecule has 0 aromatic heterocycles. The van der Waals surface area contributed by atoms with Gasteiger partial charge in [-0.25, -0.2) is 4.79 Å². The molecule has 0 aliphatic carbocycles. The van der Waals surface area contributed by atoms with Crippen molar-refractivity contribution in [1.29, 1.82) is 0 Å². The van der Waals surface area contributed by atoms with E-state index in [2.05, 4.69) is 9.80 Å². The first kappa shape index (κ1) is 26.2. The first-order chi connectivity index (χ1) is 16.2. The Bertz CT molecular complexity index is 1070. The van der Waals surface area contributed by atoms with E-state index >= 15 is 0 Å². The maximum absolute atomic E-state index is 10.7. The minimum atomic E-state index is -0.962. The summed E-state index contributed by atoms with van der Waals surface area (Å²) in [5, 5.41) is 10.5. The molecule has 0 saturated carbocycles. The van der Waals surface area contributed by atoms with Crippen molar-refractivity contribution in [3.05, 3.63) is 62.6 Å². The molecule has 34 heavy (non-hydrogen) atoms. The number of halogens is 3. The largest absolute Gasteiger partial charge is 0.488 e. The molecule has 0 radical (unpaired) electrons. The number of nitrogens with zero attached hydrogens (tertiary/aromatic N) is 2. The van der Waals surface area contributed by atoms with Crippen molar-refractivity contribution >= 4 is 58.4 Å². The number of carbonyl (C=O) groups excluding carboxylic acids is 1. The minimum Gasteiger partial charge on any atom is -0.488 e. The van der Waals surface area contributed by atoms with E-state index in [0.717, 1.165) is 44.8 Å². The monoisotopic (exact) mass is 525 g/mol. The molecule has 2 aromatic rings. The predicted molar refractivity (Wildman–Crippen MR) is 136 cm³/mol. The molecule has 182 valence electrons. The Morgan fingerprint density at radius 2 is 1.79 bits per heavy atom. The van der Waals surface area contributed by atoms with Crippen LogP contribution in [0.4, 0.5) is 5.69 Å². The molecule has 2 heterocycles. The van der Waals surface area contributed by atoms with Gasteiger partial charge in [0.05, 0.1) is 21.3 Å². The lowest BCUT2D eigenvalue weighted by Gasteiger charge is -2.36. The van der Waals surface area contributed by atoms with Crippen molar-refractivity contribution in [2.24, 2.45) is 5.73 Å². The lowest BCUT2D eigenvalue weighted by Crippen LogP contribution is -2.46. The molecule has 1 amide bonds. The van der Waals surface area contributed by atoms with Crippen molar-refractivity contribution < 1.29 is 19.4 Å². The topological polar surface area (TPSA) is 96.1 Å². The summed E-state index contributed by atoms with van der Waals surface area (Å²) in [4.78, 5) is 26.0. The Kier molecular flexibility index (Phi) is 9.47. The van der Waals surface area contributed by atoms with Gasteiger partial charge in [0.25, 0.3) is 0 Å². The zero-order chi connectivity index (χ0) is 24.7. The van der Waals surface area contributed by atoms with Crippen LogP contribution < -0.4 is 15.4 Å². The third-order valence-electron chi connectivity index (χ3n) is 5.50. The molecule has 0 bridgehead atoms. The van der Waals surface area contributed by atoms with Crippen molar-refractivity contribution in [2.45, 2.75) is 12.8 Å². The van der Waals surface area contributed by atoms with Gasteiger partial charge in [0.2, 0.25) is 5.91 Å². The molecule has 0 atom stereocenters. The minimum absolute atomic E-state index is 0.101. The number of fused-ring (bicyclic) bond motifs is 1. The first-order valence-corrected chi connectivity index (χ1v) is 11.9. The van der Waals surface area contributed by atoms with Gasteiger partial charge in [-0.05, 0) is 49.4 Å². The van der Waals surface area contributed by atoms with Crippen molar-refractivity contribution in [2.75, 3.05) is 44.2 Å². The summed E-state index contributed by atoms with van der Waals surface area (Å²) in [6.45, 7) is 4.76. The van der Waals surface area contributed by atoms with Crippen molar-refractivity contribution in [3.8, 4) is 5.75 Å². The van der Waals surface area contributed by atoms with Crippen LogP contribution in [0, 0.1) is 0 Å². The van der Waals surface area contributed by atoms with Crippen LogP contribution in [0.1, 0.15) is 18.4 Å². The maximum atomic E-state index is 10.7. The molecule has 7 nitrogen and oxygen atoms in total. The van der Waals surface area contributed by atoms with Crippen LogP contribution in [0.5, 0.6) is 5.75 Å². The molecule has 1 fully saturated rings. The van der Waals surface area contributed by atoms with E-state index in [1.807, 2.05) is 12.1 Å². The van der Waals surface area contributed by atoms with Crippen LogP contribution in [-0.2, 0) is 9.59 Å². The molecular weight excluding hydrogens is 501 g/mol. The van der Waals surface area contributed by atoms with Gasteiger partial charge in [-0.3, -0.25) is 9.69 Å². The predicted octanol–water partition coefficient (Wildman–Crippen LogP) is 4.58. The second-order valence-electron chi connectivity index (χ2n) is 7.92. The first-order valence-electron chi connectivity index (χ1n) is 10.8. The highest BCUT2D eigenvalue weighted by molar-refractivity contribution is 6.43. The Balaban J connectivity index is 0.000000202. The fraction of sp³-hybridized carbons (Fsp3) is 0.333. The zero-order valence-corrected chi connectivity index (χ0v) is 20.7. The Labute approximate surface area is 213 Å². The number of carbonyl (C=O) groups is 2.